The summed E-state index contributed by atoms with van der Waals surface area (Å²) in [5.41, 5.74) is 1.19. The fourth-order valence-electron chi connectivity index (χ4n) is 3.34. The summed E-state index contributed by atoms with van der Waals surface area (Å²) in [7, 11) is 0. The summed E-state index contributed by atoms with van der Waals surface area (Å²) in [6.07, 6.45) is 0. The minimum atomic E-state index is -0.195. The van der Waals surface area contributed by atoms with Crippen molar-refractivity contribution < 1.29 is 14.3 Å². The minimum Gasteiger partial charge on any atom is -0.493 e. The molecule has 0 aliphatic carbocycles. The molecule has 0 unspecified atom stereocenters. The van der Waals surface area contributed by atoms with Crippen molar-refractivity contribution in [1.82, 2.24) is 5.32 Å². The van der Waals surface area contributed by atoms with Crippen LogP contribution in [0.2, 0.25) is 0 Å². The molecule has 0 radical (unpaired) electrons. The topological polar surface area (TPSA) is 55.4 Å². The zero-order valence-electron chi connectivity index (χ0n) is 16.6. The molecule has 0 atom stereocenters. The van der Waals surface area contributed by atoms with Gasteiger partial charge in [-0.15, -0.1) is 11.3 Å². The fraction of sp³-hybridized carbons (Fsp3) is 0.120. The van der Waals surface area contributed by atoms with Gasteiger partial charge < -0.3 is 10.1 Å². The Bertz CT molecular complexity index is 1200. The van der Waals surface area contributed by atoms with E-state index in [1.807, 2.05) is 73.7 Å². The van der Waals surface area contributed by atoms with Crippen LogP contribution in [0.1, 0.15) is 37.4 Å². The summed E-state index contributed by atoms with van der Waals surface area (Å²) in [5.74, 6) is 0.366. The van der Waals surface area contributed by atoms with Gasteiger partial charge in [0.25, 0.3) is 5.91 Å². The maximum absolute atomic E-state index is 13.0. The van der Waals surface area contributed by atoms with Crippen molar-refractivity contribution in [3.8, 4) is 5.75 Å². The number of rotatable bonds is 7. The van der Waals surface area contributed by atoms with Gasteiger partial charge in [0.15, 0.2) is 0 Å². The lowest BCUT2D eigenvalue weighted by Gasteiger charge is -2.13. The summed E-state index contributed by atoms with van der Waals surface area (Å²) in [6.45, 7) is 2.72. The van der Waals surface area contributed by atoms with Crippen molar-refractivity contribution in [2.75, 3.05) is 6.61 Å². The van der Waals surface area contributed by atoms with Crippen LogP contribution in [-0.4, -0.2) is 18.3 Å². The van der Waals surface area contributed by atoms with Crippen LogP contribution in [0.5, 0.6) is 5.75 Å². The third-order valence-corrected chi connectivity index (χ3v) is 5.85. The number of benzene rings is 3. The van der Waals surface area contributed by atoms with E-state index in [1.54, 1.807) is 12.1 Å². The van der Waals surface area contributed by atoms with E-state index < -0.39 is 0 Å². The molecule has 150 valence electrons. The van der Waals surface area contributed by atoms with Gasteiger partial charge in [0.1, 0.15) is 5.75 Å². The number of hydrogen-bond donors (Lipinski definition) is 1. The van der Waals surface area contributed by atoms with Gasteiger partial charge in [-0.2, -0.15) is 0 Å². The summed E-state index contributed by atoms with van der Waals surface area (Å²) in [4.78, 5) is 27.2. The Balaban J connectivity index is 1.53. The van der Waals surface area contributed by atoms with Crippen molar-refractivity contribution in [3.05, 3.63) is 99.7 Å². The van der Waals surface area contributed by atoms with E-state index in [9.17, 15) is 9.59 Å². The lowest BCUT2D eigenvalue weighted by atomic mass is 10.0. The second-order valence-electron chi connectivity index (χ2n) is 6.74. The van der Waals surface area contributed by atoms with E-state index in [0.717, 1.165) is 15.6 Å². The summed E-state index contributed by atoms with van der Waals surface area (Å²) < 4.78 is 5.70. The van der Waals surface area contributed by atoms with Crippen molar-refractivity contribution in [1.29, 1.82) is 0 Å². The van der Waals surface area contributed by atoms with Crippen LogP contribution in [0.3, 0.4) is 0 Å². The number of thiophene rings is 1. The highest BCUT2D eigenvalue weighted by Crippen LogP contribution is 2.28. The van der Waals surface area contributed by atoms with Gasteiger partial charge in [0.05, 0.1) is 23.6 Å². The number of carbonyl (C=O) groups excluding carboxylic acids is 2. The Labute approximate surface area is 179 Å². The van der Waals surface area contributed by atoms with E-state index in [1.165, 1.54) is 11.3 Å². The van der Waals surface area contributed by atoms with Gasteiger partial charge in [-0.3, -0.25) is 9.59 Å². The van der Waals surface area contributed by atoms with Crippen LogP contribution in [-0.2, 0) is 6.54 Å². The van der Waals surface area contributed by atoms with E-state index in [2.05, 4.69) is 5.32 Å². The predicted octanol–water partition coefficient (Wildman–Crippen LogP) is 5.46. The summed E-state index contributed by atoms with van der Waals surface area (Å²) >= 11 is 1.40. The maximum Gasteiger partial charge on any atom is 0.255 e. The number of ether oxygens (including phenoxy) is 1. The van der Waals surface area contributed by atoms with Gasteiger partial charge in [0, 0.05) is 10.4 Å². The van der Waals surface area contributed by atoms with Crippen LogP contribution < -0.4 is 10.1 Å². The number of ketones is 1. The Hall–Kier alpha value is -3.44. The molecular formula is C25H21NO3S. The van der Waals surface area contributed by atoms with Crippen LogP contribution in [0.25, 0.3) is 10.8 Å². The highest BCUT2D eigenvalue weighted by atomic mass is 32.1. The molecule has 0 aliphatic rings. The molecule has 0 fully saturated rings. The molecule has 0 aliphatic heterocycles. The molecule has 4 rings (SSSR count). The molecule has 1 N–H and O–H groups in total. The Morgan fingerprint density at radius 1 is 0.900 bits per heavy atom. The third kappa shape index (κ3) is 4.11. The van der Waals surface area contributed by atoms with E-state index in [-0.39, 0.29) is 11.7 Å². The smallest absolute Gasteiger partial charge is 0.255 e. The lowest BCUT2D eigenvalue weighted by Crippen LogP contribution is -2.23. The average molecular weight is 416 g/mol. The molecule has 0 saturated carbocycles. The first-order valence-electron chi connectivity index (χ1n) is 9.78. The number of amides is 1. The Morgan fingerprint density at radius 3 is 2.47 bits per heavy atom. The largest absolute Gasteiger partial charge is 0.493 e. The molecule has 1 heterocycles. The van der Waals surface area contributed by atoms with E-state index in [0.29, 0.717) is 34.9 Å². The number of carbonyl (C=O) groups is 2. The van der Waals surface area contributed by atoms with Crippen LogP contribution >= 0.6 is 11.3 Å². The fourth-order valence-corrected chi connectivity index (χ4v) is 4.25. The maximum atomic E-state index is 13.0. The van der Waals surface area contributed by atoms with Gasteiger partial charge in [-0.25, -0.2) is 0 Å². The second kappa shape index (κ2) is 8.93. The van der Waals surface area contributed by atoms with Crippen molar-refractivity contribution in [3.63, 3.8) is 0 Å². The van der Waals surface area contributed by atoms with E-state index in [4.69, 9.17) is 4.74 Å². The van der Waals surface area contributed by atoms with Gasteiger partial charge in [-0.1, -0.05) is 60.7 Å². The quantitative estimate of drug-likeness (QED) is 0.408. The first-order valence-corrected chi connectivity index (χ1v) is 10.6. The van der Waals surface area contributed by atoms with Crippen molar-refractivity contribution >= 4 is 33.8 Å². The normalized spacial score (nSPS) is 10.7. The van der Waals surface area contributed by atoms with Gasteiger partial charge in [-0.05, 0) is 35.9 Å². The van der Waals surface area contributed by atoms with Gasteiger partial charge >= 0.3 is 0 Å². The average Bonchev–Trinajstić information content (AvgIpc) is 3.26. The zero-order valence-corrected chi connectivity index (χ0v) is 17.4. The first-order chi connectivity index (χ1) is 14.7. The molecule has 4 aromatic rings. The molecule has 0 saturated heterocycles. The minimum absolute atomic E-state index is 0.00846. The molecule has 5 heteroatoms. The zero-order chi connectivity index (χ0) is 20.9. The Kier molecular flexibility index (Phi) is 5.91. The lowest BCUT2D eigenvalue weighted by molar-refractivity contribution is 0.0948. The molecule has 30 heavy (non-hydrogen) atoms. The first kappa shape index (κ1) is 19.9. The van der Waals surface area contributed by atoms with Crippen LogP contribution in [0.4, 0.5) is 0 Å². The Morgan fingerprint density at radius 2 is 1.67 bits per heavy atom. The predicted molar refractivity (Wildman–Crippen MR) is 120 cm³/mol. The third-order valence-electron chi connectivity index (χ3n) is 4.76. The molecule has 1 aromatic heterocycles. The molecular weight excluding hydrogens is 394 g/mol. The molecule has 3 aromatic carbocycles. The van der Waals surface area contributed by atoms with Crippen LogP contribution in [0.15, 0.2) is 78.9 Å². The highest BCUT2D eigenvalue weighted by Gasteiger charge is 2.17. The van der Waals surface area contributed by atoms with E-state index >= 15 is 0 Å². The highest BCUT2D eigenvalue weighted by molar-refractivity contribution is 7.14. The number of fused-ring (bicyclic) bond motifs is 1. The van der Waals surface area contributed by atoms with Crippen LogP contribution in [0, 0.1) is 0 Å². The SMILES string of the molecule is CCOc1ccc2ccccc2c1C(=O)NCc1ccc(C(=O)c2ccccc2)s1. The number of hydrogen-bond acceptors (Lipinski definition) is 4. The van der Waals surface area contributed by atoms with Crippen molar-refractivity contribution in [2.24, 2.45) is 0 Å². The second-order valence-corrected chi connectivity index (χ2v) is 7.90. The number of nitrogens with one attached hydrogen (secondary N) is 1. The molecule has 1 amide bonds. The summed E-state index contributed by atoms with van der Waals surface area (Å²) in [6, 6.07) is 24.4. The molecule has 0 bridgehead atoms. The monoisotopic (exact) mass is 415 g/mol. The molecule has 0 spiro atoms. The van der Waals surface area contributed by atoms with Gasteiger partial charge in [0.2, 0.25) is 5.78 Å². The van der Waals surface area contributed by atoms with Crippen molar-refractivity contribution in [2.45, 2.75) is 13.5 Å². The molecule has 4 nitrogen and oxygen atoms in total. The standard InChI is InChI=1S/C25H21NO3S/c1-2-29-21-14-12-17-8-6-7-11-20(17)23(21)25(28)26-16-19-13-15-22(30-19)24(27)18-9-4-3-5-10-18/h3-15H,2,16H2,1H3,(H,26,28). The summed E-state index contributed by atoms with van der Waals surface area (Å²) in [5, 5.41) is 4.82.